The number of benzene rings is 1. The van der Waals surface area contributed by atoms with E-state index in [1.54, 1.807) is 14.2 Å². The summed E-state index contributed by atoms with van der Waals surface area (Å²) in [6.45, 7) is 2.07. The topological polar surface area (TPSA) is 42.2 Å². The number of hydrogen-bond acceptors (Lipinski definition) is 3. The fraction of sp³-hybridized carbons (Fsp3) is 0.462. The Morgan fingerprint density at radius 1 is 1.31 bits per heavy atom. The van der Waals surface area contributed by atoms with Gasteiger partial charge in [0.25, 0.3) is 0 Å². The van der Waals surface area contributed by atoms with Crippen molar-refractivity contribution >= 4 is 0 Å². The Hall–Kier alpha value is -1.69. The van der Waals surface area contributed by atoms with Gasteiger partial charge in [-0.15, -0.1) is 0 Å². The smallest absolute Gasteiger partial charge is 0.123 e. The fourth-order valence-corrected chi connectivity index (χ4v) is 1.69. The van der Waals surface area contributed by atoms with E-state index in [1.807, 2.05) is 18.2 Å². The third kappa shape index (κ3) is 2.66. The van der Waals surface area contributed by atoms with Crippen LogP contribution >= 0.6 is 0 Å². The minimum atomic E-state index is -0.130. The van der Waals surface area contributed by atoms with Gasteiger partial charge in [0.05, 0.1) is 26.2 Å². The molecule has 0 fully saturated rings. The van der Waals surface area contributed by atoms with Crippen molar-refractivity contribution in [3.05, 3.63) is 23.8 Å². The molecular formula is C13H17NO2. The van der Waals surface area contributed by atoms with Gasteiger partial charge in [0.1, 0.15) is 11.5 Å². The van der Waals surface area contributed by atoms with E-state index >= 15 is 0 Å². The molecule has 0 N–H and O–H groups in total. The Kier molecular flexibility index (Phi) is 4.65. The molecule has 0 saturated heterocycles. The van der Waals surface area contributed by atoms with E-state index in [2.05, 4.69) is 13.0 Å². The standard InChI is InChI=1S/C13H17NO2/c1-4-5-10(9-14)12-8-11(15-2)6-7-13(12)16-3/h6-8,10H,4-5H2,1-3H3. The van der Waals surface area contributed by atoms with Gasteiger partial charge in [-0.25, -0.2) is 0 Å². The second kappa shape index (κ2) is 6.02. The molecule has 0 aliphatic rings. The quantitative estimate of drug-likeness (QED) is 0.764. The van der Waals surface area contributed by atoms with Crippen LogP contribution in [0, 0.1) is 11.3 Å². The molecule has 1 aromatic carbocycles. The van der Waals surface area contributed by atoms with Crippen molar-refractivity contribution in [2.75, 3.05) is 14.2 Å². The average Bonchev–Trinajstić information content (AvgIpc) is 2.35. The molecule has 0 aliphatic heterocycles. The Morgan fingerprint density at radius 3 is 2.56 bits per heavy atom. The summed E-state index contributed by atoms with van der Waals surface area (Å²) in [4.78, 5) is 0. The zero-order chi connectivity index (χ0) is 12.0. The van der Waals surface area contributed by atoms with Gasteiger partial charge in [-0.05, 0) is 24.6 Å². The molecule has 16 heavy (non-hydrogen) atoms. The van der Waals surface area contributed by atoms with E-state index in [0.29, 0.717) is 0 Å². The van der Waals surface area contributed by atoms with E-state index in [1.165, 1.54) is 0 Å². The second-order valence-electron chi connectivity index (χ2n) is 3.58. The monoisotopic (exact) mass is 219 g/mol. The predicted octanol–water partition coefficient (Wildman–Crippen LogP) is 3.11. The van der Waals surface area contributed by atoms with Gasteiger partial charge in [-0.2, -0.15) is 5.26 Å². The first kappa shape index (κ1) is 12.4. The number of rotatable bonds is 5. The maximum Gasteiger partial charge on any atom is 0.123 e. The zero-order valence-electron chi connectivity index (χ0n) is 9.99. The normalized spacial score (nSPS) is 11.6. The fourth-order valence-electron chi connectivity index (χ4n) is 1.69. The lowest BCUT2D eigenvalue weighted by molar-refractivity contribution is 0.396. The van der Waals surface area contributed by atoms with Crippen LogP contribution in [0.25, 0.3) is 0 Å². The van der Waals surface area contributed by atoms with E-state index in [4.69, 9.17) is 14.7 Å². The first-order valence-corrected chi connectivity index (χ1v) is 5.38. The summed E-state index contributed by atoms with van der Waals surface area (Å²) in [6, 6.07) is 7.86. The van der Waals surface area contributed by atoms with Crippen molar-refractivity contribution in [3.63, 3.8) is 0 Å². The Bertz CT molecular complexity index is 382. The summed E-state index contributed by atoms with van der Waals surface area (Å²) in [5, 5.41) is 9.15. The molecule has 0 saturated carbocycles. The van der Waals surface area contributed by atoms with Crippen LogP contribution in [-0.4, -0.2) is 14.2 Å². The number of methoxy groups -OCH3 is 2. The van der Waals surface area contributed by atoms with Gasteiger partial charge >= 0.3 is 0 Å². The van der Waals surface area contributed by atoms with Crippen molar-refractivity contribution in [1.82, 2.24) is 0 Å². The van der Waals surface area contributed by atoms with Crippen molar-refractivity contribution in [2.24, 2.45) is 0 Å². The summed E-state index contributed by atoms with van der Waals surface area (Å²) >= 11 is 0. The molecule has 1 unspecified atom stereocenters. The Morgan fingerprint density at radius 2 is 2.06 bits per heavy atom. The molecule has 0 radical (unpaired) electrons. The highest BCUT2D eigenvalue weighted by molar-refractivity contribution is 5.44. The maximum absolute atomic E-state index is 9.15. The summed E-state index contributed by atoms with van der Waals surface area (Å²) < 4.78 is 10.4. The Labute approximate surface area is 96.6 Å². The van der Waals surface area contributed by atoms with Gasteiger partial charge in [0.15, 0.2) is 0 Å². The molecule has 1 atom stereocenters. The van der Waals surface area contributed by atoms with E-state index in [-0.39, 0.29) is 5.92 Å². The third-order valence-corrected chi connectivity index (χ3v) is 2.55. The molecule has 86 valence electrons. The number of nitrogens with zero attached hydrogens (tertiary/aromatic N) is 1. The van der Waals surface area contributed by atoms with Gasteiger partial charge < -0.3 is 9.47 Å². The largest absolute Gasteiger partial charge is 0.497 e. The van der Waals surface area contributed by atoms with Gasteiger partial charge in [0, 0.05) is 5.56 Å². The van der Waals surface area contributed by atoms with Crippen LogP contribution in [0.1, 0.15) is 31.2 Å². The highest BCUT2D eigenvalue weighted by Crippen LogP contribution is 2.32. The van der Waals surface area contributed by atoms with Crippen molar-refractivity contribution in [3.8, 4) is 17.6 Å². The average molecular weight is 219 g/mol. The first-order chi connectivity index (χ1) is 7.76. The maximum atomic E-state index is 9.15. The zero-order valence-corrected chi connectivity index (χ0v) is 9.99. The number of nitriles is 1. The third-order valence-electron chi connectivity index (χ3n) is 2.55. The number of ether oxygens (including phenoxy) is 2. The predicted molar refractivity (Wildman–Crippen MR) is 62.8 cm³/mol. The van der Waals surface area contributed by atoms with Crippen LogP contribution in [-0.2, 0) is 0 Å². The molecule has 0 spiro atoms. The molecule has 0 aliphatic carbocycles. The second-order valence-corrected chi connectivity index (χ2v) is 3.58. The molecule has 1 rings (SSSR count). The SMILES string of the molecule is CCCC(C#N)c1cc(OC)ccc1OC. The molecule has 0 amide bonds. The van der Waals surface area contributed by atoms with Crippen LogP contribution in [0.3, 0.4) is 0 Å². The minimum absolute atomic E-state index is 0.130. The highest BCUT2D eigenvalue weighted by Gasteiger charge is 2.15. The molecular weight excluding hydrogens is 202 g/mol. The molecule has 0 heterocycles. The lowest BCUT2D eigenvalue weighted by Gasteiger charge is -2.14. The van der Waals surface area contributed by atoms with Gasteiger partial charge in [-0.3, -0.25) is 0 Å². The summed E-state index contributed by atoms with van der Waals surface area (Å²) in [7, 11) is 3.23. The summed E-state index contributed by atoms with van der Waals surface area (Å²) in [5.74, 6) is 1.38. The lowest BCUT2D eigenvalue weighted by Crippen LogP contribution is -2.00. The molecule has 0 bridgehead atoms. The number of hydrogen-bond donors (Lipinski definition) is 0. The Balaban J connectivity index is 3.11. The van der Waals surface area contributed by atoms with Crippen molar-refractivity contribution in [1.29, 1.82) is 5.26 Å². The van der Waals surface area contributed by atoms with Crippen LogP contribution in [0.4, 0.5) is 0 Å². The molecule has 1 aromatic rings. The van der Waals surface area contributed by atoms with Crippen molar-refractivity contribution < 1.29 is 9.47 Å². The van der Waals surface area contributed by atoms with Crippen LogP contribution in [0.2, 0.25) is 0 Å². The molecule has 3 nitrogen and oxygen atoms in total. The molecule has 3 heteroatoms. The lowest BCUT2D eigenvalue weighted by atomic mass is 9.95. The van der Waals surface area contributed by atoms with Crippen LogP contribution < -0.4 is 9.47 Å². The first-order valence-electron chi connectivity index (χ1n) is 5.38. The van der Waals surface area contributed by atoms with E-state index in [9.17, 15) is 0 Å². The highest BCUT2D eigenvalue weighted by atomic mass is 16.5. The van der Waals surface area contributed by atoms with E-state index in [0.717, 1.165) is 29.9 Å². The van der Waals surface area contributed by atoms with Crippen LogP contribution in [0.15, 0.2) is 18.2 Å². The summed E-state index contributed by atoms with van der Waals surface area (Å²) in [5.41, 5.74) is 0.909. The van der Waals surface area contributed by atoms with Crippen LogP contribution in [0.5, 0.6) is 11.5 Å². The molecule has 0 aromatic heterocycles. The summed E-state index contributed by atoms with van der Waals surface area (Å²) in [6.07, 6.45) is 1.80. The van der Waals surface area contributed by atoms with Gasteiger partial charge in [0.2, 0.25) is 0 Å². The van der Waals surface area contributed by atoms with E-state index < -0.39 is 0 Å². The van der Waals surface area contributed by atoms with Crippen molar-refractivity contribution in [2.45, 2.75) is 25.7 Å². The minimum Gasteiger partial charge on any atom is -0.497 e. The van der Waals surface area contributed by atoms with Gasteiger partial charge in [-0.1, -0.05) is 13.3 Å².